The van der Waals surface area contributed by atoms with Crippen LogP contribution >= 0.6 is 11.6 Å². The van der Waals surface area contributed by atoms with Crippen LogP contribution in [0.2, 0.25) is 5.15 Å². The van der Waals surface area contributed by atoms with Gasteiger partial charge in [-0.05, 0) is 25.0 Å². The molecule has 0 saturated carbocycles. The van der Waals surface area contributed by atoms with Crippen LogP contribution in [0.1, 0.15) is 23.2 Å². The molecule has 0 bridgehead atoms. The quantitative estimate of drug-likeness (QED) is 0.588. The molecule has 1 amide bonds. The third-order valence-electron chi connectivity index (χ3n) is 2.37. The lowest BCUT2D eigenvalue weighted by molar-refractivity contribution is 0.0951. The number of unbranched alkanes of at least 4 members (excludes halogenated alkanes) is 1. The van der Waals surface area contributed by atoms with E-state index in [1.165, 1.54) is 0 Å². The molecule has 0 atom stereocenters. The number of halogens is 1. The Morgan fingerprint density at radius 2 is 2.22 bits per heavy atom. The van der Waals surface area contributed by atoms with Gasteiger partial charge in [0.1, 0.15) is 11.0 Å². The summed E-state index contributed by atoms with van der Waals surface area (Å²) in [7, 11) is 3.39. The van der Waals surface area contributed by atoms with Gasteiger partial charge in [-0.1, -0.05) is 11.6 Å². The Kier molecular flexibility index (Phi) is 6.46. The second-order valence-corrected chi connectivity index (χ2v) is 4.16. The second kappa shape index (κ2) is 7.89. The highest BCUT2D eigenvalue weighted by Crippen LogP contribution is 2.13. The number of carbonyl (C=O) groups excluding carboxylic acids is 1. The molecule has 0 aromatic carbocycles. The van der Waals surface area contributed by atoms with Gasteiger partial charge in [0.25, 0.3) is 5.91 Å². The van der Waals surface area contributed by atoms with Crippen molar-refractivity contribution in [1.82, 2.24) is 10.3 Å². The van der Waals surface area contributed by atoms with E-state index in [2.05, 4.69) is 15.6 Å². The molecule has 0 aliphatic heterocycles. The number of nitrogens with one attached hydrogen (secondary N) is 2. The summed E-state index contributed by atoms with van der Waals surface area (Å²) >= 11 is 5.83. The predicted molar refractivity (Wildman–Crippen MR) is 72.2 cm³/mol. The van der Waals surface area contributed by atoms with Gasteiger partial charge in [-0.15, -0.1) is 0 Å². The number of amides is 1. The maximum atomic E-state index is 11.8. The molecule has 100 valence electrons. The average Bonchev–Trinajstić information content (AvgIpc) is 2.37. The van der Waals surface area contributed by atoms with Crippen LogP contribution in [0.15, 0.2) is 12.1 Å². The Hall–Kier alpha value is -1.33. The zero-order valence-electron chi connectivity index (χ0n) is 10.6. The number of carbonyl (C=O) groups is 1. The van der Waals surface area contributed by atoms with Crippen molar-refractivity contribution in [3.8, 4) is 0 Å². The molecule has 6 heteroatoms. The van der Waals surface area contributed by atoms with E-state index in [0.717, 1.165) is 12.8 Å². The summed E-state index contributed by atoms with van der Waals surface area (Å²) in [5.41, 5.74) is 0.506. The first-order chi connectivity index (χ1) is 8.67. The van der Waals surface area contributed by atoms with Crippen LogP contribution in [0.25, 0.3) is 0 Å². The number of hydrogen-bond acceptors (Lipinski definition) is 4. The van der Waals surface area contributed by atoms with Crippen LogP contribution in [0, 0.1) is 0 Å². The van der Waals surface area contributed by atoms with Gasteiger partial charge in [0.05, 0.1) is 0 Å². The van der Waals surface area contributed by atoms with Crippen molar-refractivity contribution < 1.29 is 9.53 Å². The molecule has 1 aromatic rings. The van der Waals surface area contributed by atoms with Gasteiger partial charge in [0.2, 0.25) is 0 Å². The van der Waals surface area contributed by atoms with E-state index in [4.69, 9.17) is 16.3 Å². The van der Waals surface area contributed by atoms with Crippen LogP contribution < -0.4 is 10.6 Å². The van der Waals surface area contributed by atoms with E-state index in [1.807, 2.05) is 0 Å². The van der Waals surface area contributed by atoms with Gasteiger partial charge in [-0.2, -0.15) is 0 Å². The molecule has 0 unspecified atom stereocenters. The molecular weight excluding hydrogens is 254 g/mol. The molecule has 1 aromatic heterocycles. The van der Waals surface area contributed by atoms with Crippen LogP contribution in [0.4, 0.5) is 5.82 Å². The van der Waals surface area contributed by atoms with E-state index in [-0.39, 0.29) is 5.91 Å². The molecule has 1 rings (SSSR count). The topological polar surface area (TPSA) is 63.2 Å². The molecule has 5 nitrogen and oxygen atoms in total. The third kappa shape index (κ3) is 4.89. The van der Waals surface area contributed by atoms with Crippen molar-refractivity contribution in [2.75, 3.05) is 32.6 Å². The number of pyridine rings is 1. The first kappa shape index (κ1) is 14.7. The third-order valence-corrected chi connectivity index (χ3v) is 2.57. The fourth-order valence-corrected chi connectivity index (χ4v) is 1.64. The molecular formula is C12H18ClN3O2. The van der Waals surface area contributed by atoms with Crippen molar-refractivity contribution in [2.45, 2.75) is 12.8 Å². The number of aromatic nitrogens is 1. The normalized spacial score (nSPS) is 10.2. The fourth-order valence-electron chi connectivity index (χ4n) is 1.43. The molecule has 1 heterocycles. The van der Waals surface area contributed by atoms with E-state index in [1.54, 1.807) is 26.3 Å². The largest absolute Gasteiger partial charge is 0.385 e. The maximum Gasteiger partial charge on any atom is 0.251 e. The van der Waals surface area contributed by atoms with Crippen molar-refractivity contribution in [2.24, 2.45) is 0 Å². The molecule has 0 spiro atoms. The zero-order chi connectivity index (χ0) is 13.4. The number of hydrogen-bond donors (Lipinski definition) is 2. The SMILES string of the molecule is CNc1cc(C(=O)NCCCCOC)cc(Cl)n1. The Morgan fingerprint density at radius 1 is 1.44 bits per heavy atom. The summed E-state index contributed by atoms with van der Waals surface area (Å²) in [6, 6.07) is 3.21. The van der Waals surface area contributed by atoms with E-state index in [0.29, 0.717) is 29.7 Å². The lowest BCUT2D eigenvalue weighted by Crippen LogP contribution is -2.24. The zero-order valence-corrected chi connectivity index (χ0v) is 11.4. The highest BCUT2D eigenvalue weighted by molar-refractivity contribution is 6.29. The van der Waals surface area contributed by atoms with Gasteiger partial charge in [-0.3, -0.25) is 4.79 Å². The Morgan fingerprint density at radius 3 is 2.89 bits per heavy atom. The van der Waals surface area contributed by atoms with E-state index in [9.17, 15) is 4.79 Å². The highest BCUT2D eigenvalue weighted by atomic mass is 35.5. The van der Waals surface area contributed by atoms with Gasteiger partial charge >= 0.3 is 0 Å². The summed E-state index contributed by atoms with van der Waals surface area (Å²) in [4.78, 5) is 15.9. The molecule has 0 fully saturated rings. The standard InChI is InChI=1S/C12H18ClN3O2/c1-14-11-8-9(7-10(13)16-11)12(17)15-5-3-4-6-18-2/h7-8H,3-6H2,1-2H3,(H,14,16)(H,15,17). The van der Waals surface area contributed by atoms with Gasteiger partial charge < -0.3 is 15.4 Å². The molecule has 0 aliphatic rings. The fraction of sp³-hybridized carbons (Fsp3) is 0.500. The number of ether oxygens (including phenoxy) is 1. The first-order valence-corrected chi connectivity index (χ1v) is 6.17. The van der Waals surface area contributed by atoms with Crippen LogP contribution in [0.3, 0.4) is 0 Å². The molecule has 0 aliphatic carbocycles. The van der Waals surface area contributed by atoms with Gasteiger partial charge in [0, 0.05) is 32.9 Å². The highest BCUT2D eigenvalue weighted by Gasteiger charge is 2.08. The smallest absolute Gasteiger partial charge is 0.251 e. The van der Waals surface area contributed by atoms with Crippen molar-refractivity contribution >= 4 is 23.3 Å². The molecule has 0 radical (unpaired) electrons. The van der Waals surface area contributed by atoms with E-state index < -0.39 is 0 Å². The monoisotopic (exact) mass is 271 g/mol. The molecule has 0 saturated heterocycles. The summed E-state index contributed by atoms with van der Waals surface area (Å²) in [6.45, 7) is 1.33. The Bertz CT molecular complexity index is 399. The molecule has 2 N–H and O–H groups in total. The van der Waals surface area contributed by atoms with Gasteiger partial charge in [-0.25, -0.2) is 4.98 Å². The van der Waals surface area contributed by atoms with Crippen LogP contribution in [0.5, 0.6) is 0 Å². The Balaban J connectivity index is 2.48. The van der Waals surface area contributed by atoms with Crippen molar-refractivity contribution in [3.63, 3.8) is 0 Å². The lowest BCUT2D eigenvalue weighted by Gasteiger charge is -2.07. The average molecular weight is 272 g/mol. The predicted octanol–water partition coefficient (Wildman–Crippen LogP) is 1.93. The summed E-state index contributed by atoms with van der Waals surface area (Å²) in [5.74, 6) is 0.431. The van der Waals surface area contributed by atoms with E-state index >= 15 is 0 Å². The van der Waals surface area contributed by atoms with Crippen LogP contribution in [-0.4, -0.2) is 38.2 Å². The van der Waals surface area contributed by atoms with Crippen molar-refractivity contribution in [1.29, 1.82) is 0 Å². The van der Waals surface area contributed by atoms with Crippen molar-refractivity contribution in [3.05, 3.63) is 22.8 Å². The first-order valence-electron chi connectivity index (χ1n) is 5.80. The Labute approximate surface area is 112 Å². The number of methoxy groups -OCH3 is 1. The summed E-state index contributed by atoms with van der Waals surface area (Å²) in [6.07, 6.45) is 1.81. The van der Waals surface area contributed by atoms with Gasteiger partial charge in [0.15, 0.2) is 0 Å². The minimum absolute atomic E-state index is 0.145. The summed E-state index contributed by atoms with van der Waals surface area (Å²) in [5, 5.41) is 5.98. The maximum absolute atomic E-state index is 11.8. The number of nitrogens with zero attached hydrogens (tertiary/aromatic N) is 1. The molecule has 18 heavy (non-hydrogen) atoms. The minimum Gasteiger partial charge on any atom is -0.385 e. The van der Waals surface area contributed by atoms with Crippen LogP contribution in [-0.2, 0) is 4.74 Å². The second-order valence-electron chi connectivity index (χ2n) is 3.77. The number of anilines is 1. The number of rotatable bonds is 7. The lowest BCUT2D eigenvalue weighted by atomic mass is 10.2. The summed E-state index contributed by atoms with van der Waals surface area (Å²) < 4.78 is 4.93. The minimum atomic E-state index is -0.145.